The van der Waals surface area contributed by atoms with Crippen molar-refractivity contribution in [3.8, 4) is 5.75 Å². The summed E-state index contributed by atoms with van der Waals surface area (Å²) in [4.78, 5) is 3.91. The molecule has 2 aromatic rings. The molecule has 0 saturated heterocycles. The van der Waals surface area contributed by atoms with Crippen LogP contribution in [0.1, 0.15) is 18.2 Å². The number of hydrogen-bond donors (Lipinski definition) is 1. The first kappa shape index (κ1) is 13.4. The third kappa shape index (κ3) is 2.56. The zero-order valence-electron chi connectivity index (χ0n) is 10.7. The third-order valence-corrected chi connectivity index (χ3v) is 3.00. The van der Waals surface area contributed by atoms with Crippen LogP contribution in [0.2, 0.25) is 0 Å². The van der Waals surface area contributed by atoms with E-state index in [0.717, 1.165) is 6.20 Å². The number of benzene rings is 1. The Morgan fingerprint density at radius 3 is 2.47 bits per heavy atom. The maximum Gasteiger partial charge on any atom is 0.141 e. The molecular formula is C14H14F2N2O. The lowest BCUT2D eigenvalue weighted by molar-refractivity contribution is 0.409. The zero-order valence-corrected chi connectivity index (χ0v) is 10.7. The summed E-state index contributed by atoms with van der Waals surface area (Å²) < 4.78 is 31.8. The SMILES string of the molecule is COc1ccc(C(C)(N)c2ccc(F)cn2)c(F)c1. The van der Waals surface area contributed by atoms with Crippen LogP contribution in [-0.2, 0) is 5.54 Å². The predicted molar refractivity (Wildman–Crippen MR) is 67.8 cm³/mol. The standard InChI is InChI=1S/C14H14F2N2O/c1-14(17,13-6-3-9(15)8-18-13)11-5-4-10(19-2)7-12(11)16/h3-8H,17H2,1-2H3. The van der Waals surface area contributed by atoms with Crippen LogP contribution < -0.4 is 10.5 Å². The lowest BCUT2D eigenvalue weighted by Gasteiger charge is -2.25. The van der Waals surface area contributed by atoms with Crippen molar-refractivity contribution in [2.45, 2.75) is 12.5 Å². The van der Waals surface area contributed by atoms with Gasteiger partial charge in [0.15, 0.2) is 0 Å². The fraction of sp³-hybridized carbons (Fsp3) is 0.214. The normalized spacial score (nSPS) is 13.9. The van der Waals surface area contributed by atoms with E-state index in [4.69, 9.17) is 10.5 Å². The van der Waals surface area contributed by atoms with E-state index in [9.17, 15) is 8.78 Å². The van der Waals surface area contributed by atoms with Gasteiger partial charge in [-0.2, -0.15) is 0 Å². The molecule has 1 aromatic heterocycles. The highest BCUT2D eigenvalue weighted by Gasteiger charge is 2.28. The maximum atomic E-state index is 14.0. The molecule has 19 heavy (non-hydrogen) atoms. The third-order valence-electron chi connectivity index (χ3n) is 3.00. The van der Waals surface area contributed by atoms with E-state index in [-0.39, 0.29) is 5.56 Å². The summed E-state index contributed by atoms with van der Waals surface area (Å²) in [7, 11) is 1.46. The first-order valence-electron chi connectivity index (χ1n) is 5.70. The van der Waals surface area contributed by atoms with E-state index in [1.165, 1.54) is 25.3 Å². The molecule has 100 valence electrons. The Labute approximate surface area is 110 Å². The molecule has 0 saturated carbocycles. The number of halogens is 2. The van der Waals surface area contributed by atoms with Crippen LogP contribution in [-0.4, -0.2) is 12.1 Å². The monoisotopic (exact) mass is 264 g/mol. The number of nitrogens with zero attached hydrogens (tertiary/aromatic N) is 1. The highest BCUT2D eigenvalue weighted by atomic mass is 19.1. The van der Waals surface area contributed by atoms with Crippen molar-refractivity contribution in [3.05, 3.63) is 59.4 Å². The van der Waals surface area contributed by atoms with Gasteiger partial charge in [0.1, 0.15) is 17.4 Å². The van der Waals surface area contributed by atoms with Crippen LogP contribution in [0.15, 0.2) is 36.5 Å². The molecule has 0 aliphatic heterocycles. The number of methoxy groups -OCH3 is 1. The zero-order chi connectivity index (χ0) is 14.0. The molecule has 3 nitrogen and oxygen atoms in total. The Kier molecular flexibility index (Phi) is 3.48. The fourth-order valence-corrected chi connectivity index (χ4v) is 1.86. The van der Waals surface area contributed by atoms with Gasteiger partial charge in [-0.25, -0.2) is 8.78 Å². The highest BCUT2D eigenvalue weighted by Crippen LogP contribution is 2.29. The second kappa shape index (κ2) is 4.93. The van der Waals surface area contributed by atoms with Crippen LogP contribution in [0.5, 0.6) is 5.75 Å². The van der Waals surface area contributed by atoms with Gasteiger partial charge in [-0.1, -0.05) is 6.07 Å². The highest BCUT2D eigenvalue weighted by molar-refractivity contribution is 5.38. The smallest absolute Gasteiger partial charge is 0.141 e. The van der Waals surface area contributed by atoms with Crippen LogP contribution in [0, 0.1) is 11.6 Å². The van der Waals surface area contributed by atoms with Crippen LogP contribution in [0.3, 0.4) is 0 Å². The van der Waals surface area contributed by atoms with Crippen LogP contribution in [0.25, 0.3) is 0 Å². The Bertz CT molecular complexity index is 582. The summed E-state index contributed by atoms with van der Waals surface area (Å²) in [5.74, 6) is -0.547. The van der Waals surface area contributed by atoms with Crippen molar-refractivity contribution in [3.63, 3.8) is 0 Å². The number of hydrogen-bond acceptors (Lipinski definition) is 3. The molecule has 2 N–H and O–H groups in total. The van der Waals surface area contributed by atoms with E-state index >= 15 is 0 Å². The number of aromatic nitrogens is 1. The molecule has 0 spiro atoms. The number of ether oxygens (including phenoxy) is 1. The molecular weight excluding hydrogens is 250 g/mol. The number of rotatable bonds is 3. The fourth-order valence-electron chi connectivity index (χ4n) is 1.86. The predicted octanol–water partition coefficient (Wildman–Crippen LogP) is 2.59. The number of nitrogens with two attached hydrogens (primary N) is 1. The minimum absolute atomic E-state index is 0.271. The molecule has 5 heteroatoms. The van der Waals surface area contributed by atoms with E-state index in [1.807, 2.05) is 0 Å². The van der Waals surface area contributed by atoms with Crippen molar-refractivity contribution in [1.29, 1.82) is 0 Å². The average Bonchev–Trinajstić information content (AvgIpc) is 2.38. The van der Waals surface area contributed by atoms with Crippen molar-refractivity contribution < 1.29 is 13.5 Å². The molecule has 2 rings (SSSR count). The molecule has 0 aliphatic carbocycles. The van der Waals surface area contributed by atoms with Crippen molar-refractivity contribution in [2.24, 2.45) is 5.73 Å². The Morgan fingerprint density at radius 1 is 1.21 bits per heavy atom. The lowest BCUT2D eigenvalue weighted by Crippen LogP contribution is -2.36. The summed E-state index contributed by atoms with van der Waals surface area (Å²) in [6, 6.07) is 7.10. The largest absolute Gasteiger partial charge is 0.497 e. The van der Waals surface area contributed by atoms with Gasteiger partial charge >= 0.3 is 0 Å². The molecule has 0 radical (unpaired) electrons. The average molecular weight is 264 g/mol. The minimum Gasteiger partial charge on any atom is -0.497 e. The van der Waals surface area contributed by atoms with Gasteiger partial charge in [0.25, 0.3) is 0 Å². The number of pyridine rings is 1. The van der Waals surface area contributed by atoms with Gasteiger partial charge in [0.2, 0.25) is 0 Å². The Balaban J connectivity index is 2.46. The van der Waals surface area contributed by atoms with Crippen molar-refractivity contribution >= 4 is 0 Å². The molecule has 0 aliphatic rings. The molecule has 1 unspecified atom stereocenters. The van der Waals surface area contributed by atoms with Gasteiger partial charge in [-0.05, 0) is 25.1 Å². The first-order chi connectivity index (χ1) is 8.95. The summed E-state index contributed by atoms with van der Waals surface area (Å²) >= 11 is 0. The van der Waals surface area contributed by atoms with Crippen LogP contribution in [0.4, 0.5) is 8.78 Å². The molecule has 1 aromatic carbocycles. The second-order valence-corrected chi connectivity index (χ2v) is 4.41. The van der Waals surface area contributed by atoms with E-state index < -0.39 is 17.2 Å². The summed E-state index contributed by atoms with van der Waals surface area (Å²) in [6.45, 7) is 1.62. The van der Waals surface area contributed by atoms with Gasteiger partial charge in [0.05, 0.1) is 24.5 Å². The Morgan fingerprint density at radius 2 is 1.95 bits per heavy atom. The lowest BCUT2D eigenvalue weighted by atomic mass is 9.89. The van der Waals surface area contributed by atoms with Gasteiger partial charge < -0.3 is 10.5 Å². The molecule has 1 atom stereocenters. The summed E-state index contributed by atoms with van der Waals surface area (Å²) in [5.41, 5.74) is 5.65. The van der Waals surface area contributed by atoms with Crippen molar-refractivity contribution in [1.82, 2.24) is 4.98 Å². The second-order valence-electron chi connectivity index (χ2n) is 4.41. The topological polar surface area (TPSA) is 48.1 Å². The Hall–Kier alpha value is -2.01. The molecule has 1 heterocycles. The van der Waals surface area contributed by atoms with Crippen molar-refractivity contribution in [2.75, 3.05) is 7.11 Å². The van der Waals surface area contributed by atoms with Gasteiger partial charge in [0, 0.05) is 11.6 Å². The van der Waals surface area contributed by atoms with E-state index in [1.54, 1.807) is 19.1 Å². The summed E-state index contributed by atoms with van der Waals surface area (Å²) in [5, 5.41) is 0. The maximum absolute atomic E-state index is 14.0. The molecule has 0 bridgehead atoms. The quantitative estimate of drug-likeness (QED) is 0.927. The molecule has 0 fully saturated rings. The minimum atomic E-state index is -1.15. The summed E-state index contributed by atoms with van der Waals surface area (Å²) in [6.07, 6.45) is 1.06. The molecule has 0 amide bonds. The first-order valence-corrected chi connectivity index (χ1v) is 5.70. The van der Waals surface area contributed by atoms with Crippen LogP contribution >= 0.6 is 0 Å². The van der Waals surface area contributed by atoms with Gasteiger partial charge in [-0.15, -0.1) is 0 Å². The van der Waals surface area contributed by atoms with E-state index in [2.05, 4.69) is 4.98 Å². The van der Waals surface area contributed by atoms with Gasteiger partial charge in [-0.3, -0.25) is 4.98 Å². The van der Waals surface area contributed by atoms with E-state index in [0.29, 0.717) is 11.4 Å².